The van der Waals surface area contributed by atoms with Gasteiger partial charge in [-0.2, -0.15) is 0 Å². The van der Waals surface area contributed by atoms with Crippen molar-refractivity contribution in [1.29, 1.82) is 0 Å². The van der Waals surface area contributed by atoms with Crippen LogP contribution in [-0.2, 0) is 13.0 Å². The maximum absolute atomic E-state index is 12.6. The highest BCUT2D eigenvalue weighted by Gasteiger charge is 2.12. The Labute approximate surface area is 228 Å². The molecule has 0 aliphatic carbocycles. The number of methoxy groups -OCH3 is 2. The normalized spacial score (nSPS) is 10.9. The van der Waals surface area contributed by atoms with Gasteiger partial charge in [0.05, 0.1) is 31.9 Å². The zero-order valence-electron chi connectivity index (χ0n) is 22.1. The summed E-state index contributed by atoms with van der Waals surface area (Å²) in [6.45, 7) is 4.02. The van der Waals surface area contributed by atoms with Gasteiger partial charge in [-0.25, -0.2) is 4.98 Å². The molecule has 0 saturated carbocycles. The van der Waals surface area contributed by atoms with Crippen molar-refractivity contribution in [3.63, 3.8) is 0 Å². The number of rotatable bonds is 13. The van der Waals surface area contributed by atoms with E-state index < -0.39 is 0 Å². The van der Waals surface area contributed by atoms with Gasteiger partial charge in [0.2, 0.25) is 0 Å². The minimum absolute atomic E-state index is 0.143. The van der Waals surface area contributed by atoms with Gasteiger partial charge >= 0.3 is 0 Å². The number of carbonyl (C=O) groups excluding carboxylic acids is 1. The smallest absolute Gasteiger partial charge is 0.251 e. The van der Waals surface area contributed by atoms with Gasteiger partial charge in [-0.15, -0.1) is 0 Å². The van der Waals surface area contributed by atoms with Gasteiger partial charge in [-0.05, 0) is 80.3 Å². The van der Waals surface area contributed by atoms with Crippen molar-refractivity contribution in [3.05, 3.63) is 82.6 Å². The van der Waals surface area contributed by atoms with Crippen molar-refractivity contribution in [2.24, 2.45) is 0 Å². The van der Waals surface area contributed by atoms with Gasteiger partial charge in [0, 0.05) is 30.1 Å². The van der Waals surface area contributed by atoms with Gasteiger partial charge < -0.3 is 24.1 Å². The summed E-state index contributed by atoms with van der Waals surface area (Å²) in [7, 11) is 3.13. The van der Waals surface area contributed by atoms with Crippen molar-refractivity contribution in [2.45, 2.75) is 39.2 Å². The number of imidazole rings is 1. The summed E-state index contributed by atoms with van der Waals surface area (Å²) < 4.78 is 18.7. The van der Waals surface area contributed by atoms with Crippen molar-refractivity contribution in [2.75, 3.05) is 27.4 Å². The third kappa shape index (κ3) is 6.78. The van der Waals surface area contributed by atoms with E-state index in [1.165, 1.54) is 0 Å². The Morgan fingerprint density at radius 1 is 0.974 bits per heavy atom. The van der Waals surface area contributed by atoms with Crippen molar-refractivity contribution in [1.82, 2.24) is 14.9 Å². The van der Waals surface area contributed by atoms with Crippen molar-refractivity contribution < 1.29 is 19.0 Å². The van der Waals surface area contributed by atoms with E-state index in [2.05, 4.69) is 16.0 Å². The number of fused-ring (bicyclic) bond motifs is 1. The lowest BCUT2D eigenvalue weighted by molar-refractivity contribution is 0.0952. The van der Waals surface area contributed by atoms with Crippen LogP contribution in [0.4, 0.5) is 0 Å². The van der Waals surface area contributed by atoms with Crippen LogP contribution in [0.25, 0.3) is 11.0 Å². The molecule has 0 spiro atoms. The van der Waals surface area contributed by atoms with E-state index >= 15 is 0 Å². The Morgan fingerprint density at radius 2 is 1.79 bits per heavy atom. The molecule has 0 atom stereocenters. The average Bonchev–Trinajstić information content (AvgIpc) is 3.29. The van der Waals surface area contributed by atoms with Crippen LogP contribution in [0.2, 0.25) is 5.02 Å². The van der Waals surface area contributed by atoms with E-state index in [0.717, 1.165) is 65.4 Å². The molecule has 1 N–H and O–H groups in total. The van der Waals surface area contributed by atoms with E-state index in [9.17, 15) is 4.79 Å². The van der Waals surface area contributed by atoms with Gasteiger partial charge in [-0.1, -0.05) is 23.7 Å². The number of halogens is 1. The Hall–Kier alpha value is -3.71. The summed E-state index contributed by atoms with van der Waals surface area (Å²) in [5.41, 5.74) is 3.67. The van der Waals surface area contributed by atoms with Crippen LogP contribution in [0.1, 0.15) is 41.0 Å². The zero-order valence-corrected chi connectivity index (χ0v) is 22.9. The highest BCUT2D eigenvalue weighted by atomic mass is 35.5. The number of hydrogen-bond acceptors (Lipinski definition) is 5. The lowest BCUT2D eigenvalue weighted by atomic mass is 10.2. The van der Waals surface area contributed by atoms with Crippen LogP contribution in [0.5, 0.6) is 17.2 Å². The summed E-state index contributed by atoms with van der Waals surface area (Å²) in [6, 6.07) is 19.1. The molecular formula is C30H34ClN3O4. The third-order valence-corrected chi connectivity index (χ3v) is 6.84. The predicted molar refractivity (Wildman–Crippen MR) is 151 cm³/mol. The van der Waals surface area contributed by atoms with Crippen LogP contribution in [0, 0.1) is 6.92 Å². The molecular weight excluding hydrogens is 502 g/mol. The number of aryl methyl sites for hydroxylation is 3. The summed E-state index contributed by atoms with van der Waals surface area (Å²) in [5, 5.41) is 3.74. The number of aromatic nitrogens is 2. The highest BCUT2D eigenvalue weighted by molar-refractivity contribution is 6.31. The third-order valence-electron chi connectivity index (χ3n) is 6.42. The molecule has 4 aromatic rings. The molecule has 3 aromatic carbocycles. The number of unbranched alkanes of at least 4 members (excludes halogenated alkanes) is 1. The fourth-order valence-electron chi connectivity index (χ4n) is 4.36. The van der Waals surface area contributed by atoms with Crippen LogP contribution >= 0.6 is 11.6 Å². The molecule has 1 aromatic heterocycles. The molecule has 0 fully saturated rings. The molecule has 200 valence electrons. The quantitative estimate of drug-likeness (QED) is 0.205. The zero-order chi connectivity index (χ0) is 26.9. The molecule has 0 radical (unpaired) electrons. The van der Waals surface area contributed by atoms with E-state index in [0.29, 0.717) is 30.2 Å². The van der Waals surface area contributed by atoms with Crippen LogP contribution in [0.3, 0.4) is 0 Å². The second-order valence-electron chi connectivity index (χ2n) is 9.06. The number of nitrogens with zero attached hydrogens (tertiary/aromatic N) is 2. The van der Waals surface area contributed by atoms with Crippen LogP contribution in [0.15, 0.2) is 60.7 Å². The maximum atomic E-state index is 12.6. The highest BCUT2D eigenvalue weighted by Crippen LogP contribution is 2.27. The van der Waals surface area contributed by atoms with Gasteiger partial charge in [-0.3, -0.25) is 4.79 Å². The number of nitrogens with one attached hydrogen (secondary N) is 1. The number of ether oxygens (including phenoxy) is 3. The van der Waals surface area contributed by atoms with E-state index in [4.69, 9.17) is 30.8 Å². The van der Waals surface area contributed by atoms with Gasteiger partial charge in [0.15, 0.2) is 11.5 Å². The molecule has 7 nitrogen and oxygen atoms in total. The van der Waals surface area contributed by atoms with E-state index in [-0.39, 0.29) is 5.91 Å². The van der Waals surface area contributed by atoms with Crippen molar-refractivity contribution in [3.8, 4) is 17.2 Å². The number of benzene rings is 3. The van der Waals surface area contributed by atoms with Gasteiger partial charge in [0.1, 0.15) is 11.6 Å². The first-order valence-corrected chi connectivity index (χ1v) is 13.2. The largest absolute Gasteiger partial charge is 0.494 e. The summed E-state index contributed by atoms with van der Waals surface area (Å²) in [4.78, 5) is 17.5. The fourth-order valence-corrected chi connectivity index (χ4v) is 4.48. The molecule has 0 saturated heterocycles. The molecule has 0 unspecified atom stereocenters. The number of hydrogen-bond donors (Lipinski definition) is 1. The molecule has 8 heteroatoms. The average molecular weight is 536 g/mol. The molecule has 4 rings (SSSR count). The molecule has 0 aliphatic heterocycles. The van der Waals surface area contributed by atoms with Gasteiger partial charge in [0.25, 0.3) is 5.91 Å². The SMILES string of the molecule is COc1ccc(C(=O)NCCCc2nc3ccccc3n2CCCCOc2ccc(Cl)c(C)c2)cc1OC. The first kappa shape index (κ1) is 27.3. The molecule has 0 bridgehead atoms. The first-order valence-electron chi connectivity index (χ1n) is 12.8. The maximum Gasteiger partial charge on any atom is 0.251 e. The van der Waals surface area contributed by atoms with Crippen molar-refractivity contribution >= 4 is 28.5 Å². The summed E-state index contributed by atoms with van der Waals surface area (Å²) in [5.74, 6) is 2.85. The molecule has 1 amide bonds. The summed E-state index contributed by atoms with van der Waals surface area (Å²) in [6.07, 6.45) is 3.44. The monoisotopic (exact) mass is 535 g/mol. The first-order chi connectivity index (χ1) is 18.5. The topological polar surface area (TPSA) is 74.6 Å². The van der Waals surface area contributed by atoms with Crippen LogP contribution in [-0.4, -0.2) is 42.8 Å². The second-order valence-corrected chi connectivity index (χ2v) is 9.47. The van der Waals surface area contributed by atoms with E-state index in [1.54, 1.807) is 32.4 Å². The van der Waals surface area contributed by atoms with E-state index in [1.807, 2.05) is 43.3 Å². The number of carbonyl (C=O) groups is 1. The van der Waals surface area contributed by atoms with Crippen LogP contribution < -0.4 is 19.5 Å². The number of para-hydroxylation sites is 2. The fraction of sp³-hybridized carbons (Fsp3) is 0.333. The summed E-state index contributed by atoms with van der Waals surface area (Å²) >= 11 is 6.10. The Kier molecular flexibility index (Phi) is 9.49. The second kappa shape index (κ2) is 13.2. The minimum Gasteiger partial charge on any atom is -0.494 e. The number of amides is 1. The Morgan fingerprint density at radius 3 is 2.58 bits per heavy atom. The lowest BCUT2D eigenvalue weighted by Crippen LogP contribution is -2.25. The standard InChI is InChI=1S/C30H34ClN3O4/c1-21-19-23(13-14-24(21)31)38-18-7-6-17-34-26-10-5-4-9-25(26)33-29(34)11-8-16-32-30(35)22-12-15-27(36-2)28(20-22)37-3/h4-5,9-10,12-15,19-20H,6-8,11,16-18H2,1-3H3,(H,32,35). The molecule has 38 heavy (non-hydrogen) atoms. The Bertz CT molecular complexity index is 1390. The molecule has 1 heterocycles. The lowest BCUT2D eigenvalue weighted by Gasteiger charge is -2.11. The minimum atomic E-state index is -0.143. The Balaban J connectivity index is 1.29. The predicted octanol–water partition coefficient (Wildman–Crippen LogP) is 6.24. The molecule has 0 aliphatic rings.